The lowest BCUT2D eigenvalue weighted by atomic mass is 10.1. The predicted octanol–water partition coefficient (Wildman–Crippen LogP) is 3.69. The van der Waals surface area contributed by atoms with Crippen LogP contribution in [-0.4, -0.2) is 25.3 Å². The Morgan fingerprint density at radius 3 is 2.71 bits per heavy atom. The molecule has 6 heteroatoms. The van der Waals surface area contributed by atoms with Gasteiger partial charge in [0.15, 0.2) is 6.61 Å². The van der Waals surface area contributed by atoms with Gasteiger partial charge >= 0.3 is 0 Å². The van der Waals surface area contributed by atoms with E-state index in [4.69, 9.17) is 9.47 Å². The van der Waals surface area contributed by atoms with E-state index in [-0.39, 0.29) is 12.5 Å². The van der Waals surface area contributed by atoms with Crippen molar-refractivity contribution in [2.75, 3.05) is 13.7 Å². The lowest BCUT2D eigenvalue weighted by Crippen LogP contribution is -2.25. The van der Waals surface area contributed by atoms with Crippen LogP contribution in [0.15, 0.2) is 52.0 Å². The van der Waals surface area contributed by atoms with Crippen molar-refractivity contribution in [2.24, 2.45) is 5.10 Å². The maximum absolute atomic E-state index is 11.8. The summed E-state index contributed by atoms with van der Waals surface area (Å²) < 4.78 is 11.4. The zero-order valence-corrected chi connectivity index (χ0v) is 15.4. The normalized spacial score (nSPS) is 11.1. The number of hydrazone groups is 1. The number of ether oxygens (including phenoxy) is 2. The first-order valence-electron chi connectivity index (χ1n) is 7.36. The summed E-state index contributed by atoms with van der Waals surface area (Å²) in [5, 5.41) is 4.10. The van der Waals surface area contributed by atoms with E-state index in [1.54, 1.807) is 7.11 Å². The molecule has 0 aromatic heterocycles. The fourth-order valence-electron chi connectivity index (χ4n) is 1.99. The zero-order chi connectivity index (χ0) is 17.5. The van der Waals surface area contributed by atoms with Crippen LogP contribution in [0.2, 0.25) is 0 Å². The van der Waals surface area contributed by atoms with Gasteiger partial charge in [-0.2, -0.15) is 5.10 Å². The summed E-state index contributed by atoms with van der Waals surface area (Å²) in [6, 6.07) is 13.1. The Morgan fingerprint density at radius 2 is 2.04 bits per heavy atom. The monoisotopic (exact) mass is 390 g/mol. The van der Waals surface area contributed by atoms with Crippen molar-refractivity contribution >= 4 is 27.5 Å². The van der Waals surface area contributed by atoms with Crippen molar-refractivity contribution in [1.29, 1.82) is 0 Å². The number of carbonyl (C=O) groups is 1. The van der Waals surface area contributed by atoms with Crippen molar-refractivity contribution in [2.45, 2.75) is 13.8 Å². The second-order valence-corrected chi connectivity index (χ2v) is 6.04. The number of rotatable bonds is 6. The SMILES string of the molecule is COc1ccc(/C(C)=N\NC(=O)COc2cccc(C)c2)cc1Br. The number of methoxy groups -OCH3 is 1. The summed E-state index contributed by atoms with van der Waals surface area (Å²) in [5.74, 6) is 1.08. The molecule has 0 aliphatic carbocycles. The fraction of sp³-hybridized carbons (Fsp3) is 0.222. The molecule has 2 aromatic carbocycles. The van der Waals surface area contributed by atoms with Crippen molar-refractivity contribution < 1.29 is 14.3 Å². The molecule has 0 saturated heterocycles. The van der Waals surface area contributed by atoms with Gasteiger partial charge in [0.2, 0.25) is 0 Å². The standard InChI is InChI=1S/C18H19BrN2O3/c1-12-5-4-6-15(9-12)24-11-18(22)21-20-13(2)14-7-8-17(23-3)16(19)10-14/h4-10H,11H2,1-3H3,(H,21,22)/b20-13-. The molecule has 24 heavy (non-hydrogen) atoms. The fourth-order valence-corrected chi connectivity index (χ4v) is 2.53. The molecule has 1 amide bonds. The van der Waals surface area contributed by atoms with E-state index in [1.807, 2.05) is 56.3 Å². The van der Waals surface area contributed by atoms with Gasteiger partial charge in [-0.15, -0.1) is 0 Å². The number of carbonyl (C=O) groups excluding carboxylic acids is 1. The van der Waals surface area contributed by atoms with E-state index in [0.29, 0.717) is 11.5 Å². The average molecular weight is 391 g/mol. The molecule has 2 rings (SSSR count). The average Bonchev–Trinajstić information content (AvgIpc) is 2.57. The second-order valence-electron chi connectivity index (χ2n) is 5.19. The number of hydrogen-bond donors (Lipinski definition) is 1. The molecule has 5 nitrogen and oxygen atoms in total. The first kappa shape index (κ1) is 18.0. The summed E-state index contributed by atoms with van der Waals surface area (Å²) in [4.78, 5) is 11.8. The Hall–Kier alpha value is -2.34. The van der Waals surface area contributed by atoms with Crippen molar-refractivity contribution in [3.63, 3.8) is 0 Å². The predicted molar refractivity (Wildman–Crippen MR) is 97.7 cm³/mol. The summed E-state index contributed by atoms with van der Waals surface area (Å²) in [6.45, 7) is 3.69. The molecular formula is C18H19BrN2O3. The van der Waals surface area contributed by atoms with Crippen LogP contribution < -0.4 is 14.9 Å². The Kier molecular flexibility index (Phi) is 6.37. The van der Waals surface area contributed by atoms with Crippen LogP contribution >= 0.6 is 15.9 Å². The number of halogens is 1. The van der Waals surface area contributed by atoms with Crippen LogP contribution in [0.1, 0.15) is 18.1 Å². The number of amides is 1. The molecule has 0 unspecified atom stereocenters. The molecule has 0 saturated carbocycles. The van der Waals surface area contributed by atoms with Gasteiger partial charge in [0.1, 0.15) is 11.5 Å². The third-order valence-electron chi connectivity index (χ3n) is 3.28. The minimum Gasteiger partial charge on any atom is -0.496 e. The Bertz CT molecular complexity index is 760. The number of hydrogen-bond acceptors (Lipinski definition) is 4. The third kappa shape index (κ3) is 5.09. The highest BCUT2D eigenvalue weighted by molar-refractivity contribution is 9.10. The smallest absolute Gasteiger partial charge is 0.277 e. The third-order valence-corrected chi connectivity index (χ3v) is 3.90. The van der Waals surface area contributed by atoms with Crippen LogP contribution in [0.5, 0.6) is 11.5 Å². The highest BCUT2D eigenvalue weighted by Crippen LogP contribution is 2.25. The molecule has 1 N–H and O–H groups in total. The zero-order valence-electron chi connectivity index (χ0n) is 13.8. The van der Waals surface area contributed by atoms with Crippen LogP contribution in [0.3, 0.4) is 0 Å². The Labute approximate surface area is 149 Å². The van der Waals surface area contributed by atoms with Crippen LogP contribution in [0.25, 0.3) is 0 Å². The van der Waals surface area contributed by atoms with Gasteiger partial charge < -0.3 is 9.47 Å². The van der Waals surface area contributed by atoms with E-state index in [9.17, 15) is 4.79 Å². The Morgan fingerprint density at radius 1 is 1.25 bits per heavy atom. The van der Waals surface area contributed by atoms with E-state index in [2.05, 4.69) is 26.5 Å². The molecule has 2 aromatic rings. The van der Waals surface area contributed by atoms with Gasteiger partial charge in [0, 0.05) is 0 Å². The van der Waals surface area contributed by atoms with Gasteiger partial charge in [-0.1, -0.05) is 12.1 Å². The number of aryl methyl sites for hydroxylation is 1. The maximum Gasteiger partial charge on any atom is 0.277 e. The summed E-state index contributed by atoms with van der Waals surface area (Å²) in [6.07, 6.45) is 0. The largest absolute Gasteiger partial charge is 0.496 e. The number of nitrogens with one attached hydrogen (secondary N) is 1. The summed E-state index contributed by atoms with van der Waals surface area (Å²) >= 11 is 3.42. The van der Waals surface area contributed by atoms with E-state index in [0.717, 1.165) is 21.3 Å². The van der Waals surface area contributed by atoms with Crippen molar-refractivity contribution in [3.05, 3.63) is 58.1 Å². The maximum atomic E-state index is 11.8. The Balaban J connectivity index is 1.91. The molecule has 0 atom stereocenters. The minimum absolute atomic E-state index is 0.0907. The molecule has 0 aliphatic heterocycles. The molecule has 0 spiro atoms. The van der Waals surface area contributed by atoms with Crippen LogP contribution in [-0.2, 0) is 4.79 Å². The summed E-state index contributed by atoms with van der Waals surface area (Å²) in [7, 11) is 1.61. The molecule has 126 valence electrons. The highest BCUT2D eigenvalue weighted by Gasteiger charge is 2.06. The van der Waals surface area contributed by atoms with Crippen LogP contribution in [0.4, 0.5) is 0 Å². The topological polar surface area (TPSA) is 59.9 Å². The first-order chi connectivity index (χ1) is 11.5. The lowest BCUT2D eigenvalue weighted by molar-refractivity contribution is -0.123. The molecule has 0 bridgehead atoms. The minimum atomic E-state index is -0.316. The highest BCUT2D eigenvalue weighted by atomic mass is 79.9. The second kappa shape index (κ2) is 8.49. The molecule has 0 fully saturated rings. The summed E-state index contributed by atoms with van der Waals surface area (Å²) in [5.41, 5.74) is 5.13. The first-order valence-corrected chi connectivity index (χ1v) is 8.15. The lowest BCUT2D eigenvalue weighted by Gasteiger charge is -2.08. The van der Waals surface area contributed by atoms with E-state index in [1.165, 1.54) is 0 Å². The number of nitrogens with zero attached hydrogens (tertiary/aromatic N) is 1. The van der Waals surface area contributed by atoms with Gasteiger partial charge in [-0.3, -0.25) is 4.79 Å². The van der Waals surface area contributed by atoms with E-state index < -0.39 is 0 Å². The van der Waals surface area contributed by atoms with Gasteiger partial charge in [-0.25, -0.2) is 5.43 Å². The van der Waals surface area contributed by atoms with Crippen LogP contribution in [0, 0.1) is 6.92 Å². The van der Waals surface area contributed by atoms with E-state index >= 15 is 0 Å². The number of benzene rings is 2. The molecule has 0 radical (unpaired) electrons. The van der Waals surface area contributed by atoms with Crippen molar-refractivity contribution in [1.82, 2.24) is 5.43 Å². The molecular weight excluding hydrogens is 372 g/mol. The van der Waals surface area contributed by atoms with Crippen molar-refractivity contribution in [3.8, 4) is 11.5 Å². The van der Waals surface area contributed by atoms with Gasteiger partial charge in [-0.05, 0) is 71.2 Å². The van der Waals surface area contributed by atoms with Gasteiger partial charge in [0.25, 0.3) is 5.91 Å². The van der Waals surface area contributed by atoms with Gasteiger partial charge in [0.05, 0.1) is 17.3 Å². The molecule has 0 heterocycles. The molecule has 0 aliphatic rings. The quantitative estimate of drug-likeness (QED) is 0.604.